The van der Waals surface area contributed by atoms with Crippen LogP contribution in [0.2, 0.25) is 0 Å². The Kier molecular flexibility index (Phi) is 4.05. The van der Waals surface area contributed by atoms with Crippen molar-refractivity contribution in [1.29, 1.82) is 0 Å². The van der Waals surface area contributed by atoms with E-state index in [2.05, 4.69) is 43.2 Å². The van der Waals surface area contributed by atoms with E-state index < -0.39 is 0 Å². The molecule has 1 aliphatic carbocycles. The average molecular weight is 251 g/mol. The molecule has 18 heavy (non-hydrogen) atoms. The van der Waals surface area contributed by atoms with Gasteiger partial charge in [0.1, 0.15) is 0 Å². The highest BCUT2D eigenvalue weighted by Crippen LogP contribution is 2.38. The molecule has 2 unspecified atom stereocenters. The Morgan fingerprint density at radius 3 is 2.72 bits per heavy atom. The molecule has 1 aromatic rings. The molecule has 0 amide bonds. The predicted molar refractivity (Wildman–Crippen MR) is 71.3 cm³/mol. The minimum absolute atomic E-state index is 0.0787. The maximum atomic E-state index is 5.32. The van der Waals surface area contributed by atoms with Crippen LogP contribution in [0.25, 0.3) is 0 Å². The second-order valence-electron chi connectivity index (χ2n) is 6.43. The smallest absolute Gasteiger partial charge is 0.240 e. The van der Waals surface area contributed by atoms with E-state index in [1.165, 1.54) is 25.7 Å². The highest BCUT2D eigenvalue weighted by atomic mass is 16.5. The van der Waals surface area contributed by atoms with Gasteiger partial charge in [-0.15, -0.1) is 0 Å². The predicted octanol–water partition coefficient (Wildman–Crippen LogP) is 3.25. The van der Waals surface area contributed by atoms with Crippen LogP contribution in [0, 0.1) is 5.92 Å². The zero-order chi connectivity index (χ0) is 13.2. The lowest BCUT2D eigenvalue weighted by molar-refractivity contribution is 0.332. The van der Waals surface area contributed by atoms with Gasteiger partial charge in [-0.05, 0) is 46.0 Å². The summed E-state index contributed by atoms with van der Waals surface area (Å²) in [4.78, 5) is 4.52. The molecule has 102 valence electrons. The first kappa shape index (κ1) is 13.5. The molecule has 1 N–H and O–H groups in total. The fraction of sp³-hybridized carbons (Fsp3) is 0.857. The summed E-state index contributed by atoms with van der Waals surface area (Å²) in [5.74, 6) is 2.99. The van der Waals surface area contributed by atoms with E-state index in [1.54, 1.807) is 0 Å². The first-order valence-corrected chi connectivity index (χ1v) is 7.05. The third kappa shape index (κ3) is 3.55. The van der Waals surface area contributed by atoms with Gasteiger partial charge in [0.2, 0.25) is 5.89 Å². The first-order chi connectivity index (χ1) is 8.48. The Morgan fingerprint density at radius 2 is 2.11 bits per heavy atom. The van der Waals surface area contributed by atoms with Gasteiger partial charge >= 0.3 is 0 Å². The van der Waals surface area contributed by atoms with Gasteiger partial charge in [-0.1, -0.05) is 18.5 Å². The van der Waals surface area contributed by atoms with Crippen molar-refractivity contribution < 1.29 is 4.52 Å². The fourth-order valence-corrected chi connectivity index (χ4v) is 2.53. The Bertz CT molecular complexity index is 381. The molecule has 1 aliphatic rings. The Balaban J connectivity index is 1.90. The fourth-order valence-electron chi connectivity index (χ4n) is 2.53. The van der Waals surface area contributed by atoms with Gasteiger partial charge in [0.15, 0.2) is 5.82 Å². The van der Waals surface area contributed by atoms with Crippen LogP contribution < -0.4 is 5.32 Å². The molecule has 1 fully saturated rings. The molecular weight excluding hydrogens is 226 g/mol. The van der Waals surface area contributed by atoms with E-state index >= 15 is 0 Å². The van der Waals surface area contributed by atoms with Crippen LogP contribution >= 0.6 is 0 Å². The van der Waals surface area contributed by atoms with Gasteiger partial charge < -0.3 is 9.84 Å². The third-order valence-electron chi connectivity index (χ3n) is 3.74. The minimum Gasteiger partial charge on any atom is -0.338 e. The Hall–Kier alpha value is -0.900. The monoisotopic (exact) mass is 251 g/mol. The first-order valence-electron chi connectivity index (χ1n) is 7.05. The summed E-state index contributed by atoms with van der Waals surface area (Å²) in [7, 11) is 0. The van der Waals surface area contributed by atoms with Crippen LogP contribution in [0.4, 0.5) is 0 Å². The summed E-state index contributed by atoms with van der Waals surface area (Å²) in [6.45, 7) is 9.32. The lowest BCUT2D eigenvalue weighted by Crippen LogP contribution is -2.35. The summed E-state index contributed by atoms with van der Waals surface area (Å²) < 4.78 is 5.32. The summed E-state index contributed by atoms with van der Waals surface area (Å²) in [6.07, 6.45) is 5.02. The van der Waals surface area contributed by atoms with Crippen LogP contribution in [0.3, 0.4) is 0 Å². The molecule has 4 heteroatoms. The van der Waals surface area contributed by atoms with E-state index in [4.69, 9.17) is 4.52 Å². The highest BCUT2D eigenvalue weighted by Gasteiger charge is 2.28. The molecule has 2 atom stereocenters. The van der Waals surface area contributed by atoms with E-state index in [-0.39, 0.29) is 5.54 Å². The summed E-state index contributed by atoms with van der Waals surface area (Å²) in [5.41, 5.74) is 0.0787. The van der Waals surface area contributed by atoms with Gasteiger partial charge in [0.25, 0.3) is 0 Å². The molecule has 0 aromatic carbocycles. The number of nitrogens with zero attached hydrogens (tertiary/aromatic N) is 2. The summed E-state index contributed by atoms with van der Waals surface area (Å²) in [5, 5.41) is 7.51. The Labute approximate surface area is 110 Å². The molecule has 0 radical (unpaired) electrons. The van der Waals surface area contributed by atoms with Crippen LogP contribution in [0.5, 0.6) is 0 Å². The zero-order valence-electron chi connectivity index (χ0n) is 12.0. The maximum absolute atomic E-state index is 5.32. The van der Waals surface area contributed by atoms with Crippen LogP contribution in [-0.4, -0.2) is 15.7 Å². The lowest BCUT2D eigenvalue weighted by Gasteiger charge is -2.18. The maximum Gasteiger partial charge on any atom is 0.240 e. The molecule has 0 aliphatic heterocycles. The van der Waals surface area contributed by atoms with Gasteiger partial charge in [-0.2, -0.15) is 4.98 Å². The SMILES string of the molecule is CCC1CCC(c2noc(CNC(C)(C)C)n2)C1. The molecule has 1 heterocycles. The van der Waals surface area contributed by atoms with Crippen LogP contribution in [-0.2, 0) is 6.54 Å². The van der Waals surface area contributed by atoms with Crippen molar-refractivity contribution in [3.63, 3.8) is 0 Å². The van der Waals surface area contributed by atoms with Gasteiger partial charge in [0, 0.05) is 11.5 Å². The van der Waals surface area contributed by atoms with Crippen molar-refractivity contribution in [2.45, 2.75) is 71.4 Å². The number of nitrogens with one attached hydrogen (secondary N) is 1. The third-order valence-corrected chi connectivity index (χ3v) is 3.74. The second kappa shape index (κ2) is 5.39. The average Bonchev–Trinajstić information content (AvgIpc) is 2.94. The van der Waals surface area contributed by atoms with Crippen LogP contribution in [0.1, 0.15) is 71.0 Å². The van der Waals surface area contributed by atoms with E-state index in [9.17, 15) is 0 Å². The molecule has 1 saturated carbocycles. The minimum atomic E-state index is 0.0787. The van der Waals surface area contributed by atoms with E-state index in [0.717, 1.165) is 11.7 Å². The van der Waals surface area contributed by atoms with Crippen molar-refractivity contribution in [3.8, 4) is 0 Å². The molecule has 0 bridgehead atoms. The molecule has 4 nitrogen and oxygen atoms in total. The molecule has 0 saturated heterocycles. The van der Waals surface area contributed by atoms with Gasteiger partial charge in [-0.25, -0.2) is 0 Å². The van der Waals surface area contributed by atoms with Crippen molar-refractivity contribution in [2.24, 2.45) is 5.92 Å². The van der Waals surface area contributed by atoms with Gasteiger partial charge in [-0.3, -0.25) is 0 Å². The van der Waals surface area contributed by atoms with Crippen molar-refractivity contribution in [3.05, 3.63) is 11.7 Å². The van der Waals surface area contributed by atoms with Crippen molar-refractivity contribution in [1.82, 2.24) is 15.5 Å². The highest BCUT2D eigenvalue weighted by molar-refractivity contribution is 4.99. The number of rotatable bonds is 4. The lowest BCUT2D eigenvalue weighted by atomic mass is 10.0. The summed E-state index contributed by atoms with van der Waals surface area (Å²) >= 11 is 0. The number of hydrogen-bond donors (Lipinski definition) is 1. The number of aromatic nitrogens is 2. The van der Waals surface area contributed by atoms with E-state index in [1.807, 2.05) is 0 Å². The Morgan fingerprint density at radius 1 is 1.33 bits per heavy atom. The van der Waals surface area contributed by atoms with Crippen LogP contribution in [0.15, 0.2) is 4.52 Å². The number of hydrogen-bond acceptors (Lipinski definition) is 4. The molecule has 0 spiro atoms. The zero-order valence-corrected chi connectivity index (χ0v) is 12.0. The molecular formula is C14H25N3O. The quantitative estimate of drug-likeness (QED) is 0.892. The van der Waals surface area contributed by atoms with Crippen molar-refractivity contribution >= 4 is 0 Å². The second-order valence-corrected chi connectivity index (χ2v) is 6.43. The van der Waals surface area contributed by atoms with Crippen molar-refractivity contribution in [2.75, 3.05) is 0 Å². The molecule has 2 rings (SSSR count). The normalized spacial score (nSPS) is 24.7. The summed E-state index contributed by atoms with van der Waals surface area (Å²) in [6, 6.07) is 0. The standard InChI is InChI=1S/C14H25N3O/c1-5-10-6-7-11(8-10)13-16-12(18-17-13)9-15-14(2,3)4/h10-11,15H,5-9H2,1-4H3. The van der Waals surface area contributed by atoms with Gasteiger partial charge in [0.05, 0.1) is 6.54 Å². The molecule has 1 aromatic heterocycles. The largest absolute Gasteiger partial charge is 0.338 e. The van der Waals surface area contributed by atoms with E-state index in [0.29, 0.717) is 18.4 Å². The topological polar surface area (TPSA) is 51.0 Å².